The highest BCUT2D eigenvalue weighted by molar-refractivity contribution is 5.22. The summed E-state index contributed by atoms with van der Waals surface area (Å²) in [6, 6.07) is 2.39. The predicted molar refractivity (Wildman–Crippen MR) is 58.9 cm³/mol. The molecule has 80 valence electrons. The predicted octanol–water partition coefficient (Wildman–Crippen LogP) is 3.55. The van der Waals surface area contributed by atoms with E-state index in [1.807, 2.05) is 0 Å². The smallest absolute Gasteiger partial charge is 0.294 e. The molecule has 2 fully saturated rings. The first-order valence-corrected chi connectivity index (χ1v) is 6.13. The molecule has 0 aliphatic heterocycles. The van der Waals surface area contributed by atoms with Gasteiger partial charge < -0.3 is 0 Å². The molecule has 0 aromatic heterocycles. The first-order chi connectivity index (χ1) is 7.33. The molecule has 0 atom stereocenters. The van der Waals surface area contributed by atoms with Crippen molar-refractivity contribution >= 4 is 0 Å². The van der Waals surface area contributed by atoms with Gasteiger partial charge in [0, 0.05) is 0 Å². The number of rotatable bonds is 2. The van der Waals surface area contributed by atoms with Gasteiger partial charge in [0.1, 0.15) is 0 Å². The molecule has 0 bridgehead atoms. The molecule has 0 amide bonds. The summed E-state index contributed by atoms with van der Waals surface area (Å²) < 4.78 is 0. The average molecular weight is 202 g/mol. The highest BCUT2D eigenvalue weighted by Crippen LogP contribution is 2.46. The molecule has 2 rings (SSSR count). The van der Waals surface area contributed by atoms with E-state index in [0.717, 1.165) is 25.7 Å². The van der Waals surface area contributed by atoms with E-state index in [4.69, 9.17) is 6.57 Å². The Morgan fingerprint density at radius 1 is 1.00 bits per heavy atom. The maximum atomic E-state index is 9.43. The minimum atomic E-state index is -0.660. The third-order valence-corrected chi connectivity index (χ3v) is 4.32. The summed E-state index contributed by atoms with van der Waals surface area (Å²) in [5, 5.41) is 9.43. The zero-order chi connectivity index (χ0) is 10.7. The van der Waals surface area contributed by atoms with Crippen molar-refractivity contribution < 1.29 is 0 Å². The molecule has 2 heteroatoms. The minimum absolute atomic E-state index is 0.364. The van der Waals surface area contributed by atoms with Gasteiger partial charge in [0.15, 0.2) is 6.07 Å². The second-order valence-electron chi connectivity index (χ2n) is 5.01. The molecule has 0 saturated heterocycles. The van der Waals surface area contributed by atoms with Crippen molar-refractivity contribution in [3.8, 4) is 6.07 Å². The lowest BCUT2D eigenvalue weighted by atomic mass is 9.73. The topological polar surface area (TPSA) is 28.1 Å². The lowest BCUT2D eigenvalue weighted by molar-refractivity contribution is 0.284. The van der Waals surface area contributed by atoms with Crippen molar-refractivity contribution in [1.82, 2.24) is 0 Å². The highest BCUT2D eigenvalue weighted by atomic mass is 14.8. The minimum Gasteiger partial charge on any atom is -0.294 e. The van der Waals surface area contributed by atoms with Gasteiger partial charge in [-0.25, -0.2) is 6.57 Å². The molecule has 0 aromatic rings. The molecule has 15 heavy (non-hydrogen) atoms. The van der Waals surface area contributed by atoms with Crippen LogP contribution in [0.3, 0.4) is 0 Å². The van der Waals surface area contributed by atoms with E-state index < -0.39 is 5.54 Å². The molecule has 0 N–H and O–H groups in total. The Morgan fingerprint density at radius 3 is 1.67 bits per heavy atom. The third kappa shape index (κ3) is 1.63. The Labute approximate surface area is 92.1 Å². The SMILES string of the molecule is [C-]#[N+]C(C#N)(C1CCCC1)C1CCCC1. The second kappa shape index (κ2) is 4.23. The fourth-order valence-corrected chi connectivity index (χ4v) is 3.46. The molecule has 0 aromatic carbocycles. The zero-order valence-electron chi connectivity index (χ0n) is 9.21. The first-order valence-electron chi connectivity index (χ1n) is 6.13. The summed E-state index contributed by atoms with van der Waals surface area (Å²) in [6.07, 6.45) is 9.29. The normalized spacial score (nSPS) is 23.9. The highest BCUT2D eigenvalue weighted by Gasteiger charge is 2.53. The van der Waals surface area contributed by atoms with E-state index in [2.05, 4.69) is 10.9 Å². The van der Waals surface area contributed by atoms with Gasteiger partial charge in [-0.3, -0.25) is 4.85 Å². The van der Waals surface area contributed by atoms with Crippen LogP contribution >= 0.6 is 0 Å². The van der Waals surface area contributed by atoms with Crippen LogP contribution in [0.1, 0.15) is 51.4 Å². The van der Waals surface area contributed by atoms with Crippen molar-refractivity contribution in [2.24, 2.45) is 11.8 Å². The maximum Gasteiger partial charge on any atom is 0.321 e. The van der Waals surface area contributed by atoms with Gasteiger partial charge in [0.25, 0.3) is 0 Å². The van der Waals surface area contributed by atoms with Crippen LogP contribution in [0.25, 0.3) is 4.85 Å². The second-order valence-corrected chi connectivity index (χ2v) is 5.01. The Kier molecular flexibility index (Phi) is 2.96. The molecule has 2 aliphatic rings. The summed E-state index contributed by atoms with van der Waals surface area (Å²) in [4.78, 5) is 3.79. The molecular formula is C13H18N2. The van der Waals surface area contributed by atoms with E-state index in [-0.39, 0.29) is 0 Å². The third-order valence-electron chi connectivity index (χ3n) is 4.32. The maximum absolute atomic E-state index is 9.43. The van der Waals surface area contributed by atoms with Gasteiger partial charge in [0.2, 0.25) is 0 Å². The van der Waals surface area contributed by atoms with Gasteiger partial charge >= 0.3 is 5.54 Å². The van der Waals surface area contributed by atoms with Crippen LogP contribution in [0.4, 0.5) is 0 Å². The van der Waals surface area contributed by atoms with E-state index in [1.54, 1.807) is 0 Å². The van der Waals surface area contributed by atoms with Crippen molar-refractivity contribution in [3.05, 3.63) is 11.4 Å². The van der Waals surface area contributed by atoms with Crippen LogP contribution in [0.15, 0.2) is 0 Å². The summed E-state index contributed by atoms with van der Waals surface area (Å²) in [5.74, 6) is 0.728. The average Bonchev–Trinajstić information content (AvgIpc) is 2.92. The molecule has 0 unspecified atom stereocenters. The number of hydrogen-bond acceptors (Lipinski definition) is 1. The van der Waals surface area contributed by atoms with Crippen LogP contribution in [-0.4, -0.2) is 5.54 Å². The Balaban J connectivity index is 2.23. The quantitative estimate of drug-likeness (QED) is 0.629. The van der Waals surface area contributed by atoms with E-state index in [0.29, 0.717) is 11.8 Å². The zero-order valence-corrected chi connectivity index (χ0v) is 9.21. The Morgan fingerprint density at radius 2 is 1.40 bits per heavy atom. The largest absolute Gasteiger partial charge is 0.321 e. The number of hydrogen-bond donors (Lipinski definition) is 0. The molecule has 0 radical (unpaired) electrons. The summed E-state index contributed by atoms with van der Waals surface area (Å²) in [7, 11) is 0. The van der Waals surface area contributed by atoms with Gasteiger partial charge in [0.05, 0.1) is 11.8 Å². The molecule has 2 saturated carbocycles. The van der Waals surface area contributed by atoms with E-state index in [1.165, 1.54) is 25.7 Å². The van der Waals surface area contributed by atoms with E-state index in [9.17, 15) is 5.26 Å². The van der Waals surface area contributed by atoms with Crippen molar-refractivity contribution in [3.63, 3.8) is 0 Å². The number of nitriles is 1. The van der Waals surface area contributed by atoms with Gasteiger partial charge in [-0.1, -0.05) is 25.7 Å². The van der Waals surface area contributed by atoms with Crippen molar-refractivity contribution in [2.75, 3.05) is 0 Å². The van der Waals surface area contributed by atoms with Crippen LogP contribution < -0.4 is 0 Å². The molecular weight excluding hydrogens is 184 g/mol. The summed E-state index contributed by atoms with van der Waals surface area (Å²) in [5.41, 5.74) is -0.660. The summed E-state index contributed by atoms with van der Waals surface area (Å²) >= 11 is 0. The van der Waals surface area contributed by atoms with Crippen LogP contribution in [0.2, 0.25) is 0 Å². The summed E-state index contributed by atoms with van der Waals surface area (Å²) in [6.45, 7) is 7.44. The van der Waals surface area contributed by atoms with Crippen LogP contribution in [0, 0.1) is 29.7 Å². The number of nitrogens with zero attached hydrogens (tertiary/aromatic N) is 2. The lowest BCUT2D eigenvalue weighted by Crippen LogP contribution is -2.38. The molecule has 0 heterocycles. The van der Waals surface area contributed by atoms with Crippen LogP contribution in [-0.2, 0) is 0 Å². The first kappa shape index (κ1) is 10.5. The van der Waals surface area contributed by atoms with Gasteiger partial charge in [-0.15, -0.1) is 0 Å². The Bertz CT molecular complexity index is 263. The molecule has 2 nitrogen and oxygen atoms in total. The lowest BCUT2D eigenvalue weighted by Gasteiger charge is -2.26. The fraction of sp³-hybridized carbons (Fsp3) is 0.846. The Hall–Kier alpha value is -1.02. The molecule has 2 aliphatic carbocycles. The fourth-order valence-electron chi connectivity index (χ4n) is 3.46. The monoisotopic (exact) mass is 202 g/mol. The standard InChI is InChI=1S/C13H18N2/c1-15-13(10-14,11-6-2-3-7-11)12-8-4-5-9-12/h11-12H,2-9H2. The molecule has 0 spiro atoms. The van der Waals surface area contributed by atoms with Crippen molar-refractivity contribution in [1.29, 1.82) is 5.26 Å². The van der Waals surface area contributed by atoms with Gasteiger partial charge in [-0.2, -0.15) is 5.26 Å². The van der Waals surface area contributed by atoms with Gasteiger partial charge in [-0.05, 0) is 25.7 Å². The van der Waals surface area contributed by atoms with Crippen LogP contribution in [0.5, 0.6) is 0 Å². The van der Waals surface area contributed by atoms with Crippen molar-refractivity contribution in [2.45, 2.75) is 56.9 Å². The van der Waals surface area contributed by atoms with E-state index >= 15 is 0 Å².